The van der Waals surface area contributed by atoms with Gasteiger partial charge in [0.1, 0.15) is 23.0 Å². The van der Waals surface area contributed by atoms with Crippen molar-refractivity contribution in [3.63, 3.8) is 0 Å². The van der Waals surface area contributed by atoms with Crippen molar-refractivity contribution in [1.82, 2.24) is 0 Å². The van der Waals surface area contributed by atoms with Gasteiger partial charge in [0, 0.05) is 0 Å². The molecule has 10 heteroatoms. The van der Waals surface area contributed by atoms with Crippen molar-refractivity contribution in [1.29, 1.82) is 0 Å². The molecule has 0 radical (unpaired) electrons. The summed E-state index contributed by atoms with van der Waals surface area (Å²) in [5, 5.41) is 0. The first-order valence-corrected chi connectivity index (χ1v) is 24.4. The summed E-state index contributed by atoms with van der Waals surface area (Å²) in [5.74, 6) is 4.24. The second-order valence-electron chi connectivity index (χ2n) is 17.6. The van der Waals surface area contributed by atoms with E-state index < -0.39 is 19.8 Å². The van der Waals surface area contributed by atoms with Gasteiger partial charge >= 0.3 is 19.8 Å². The highest BCUT2D eigenvalue weighted by atomic mass is 19.3. The molecule has 0 N–H and O–H groups in total. The van der Waals surface area contributed by atoms with Gasteiger partial charge in [-0.25, -0.2) is 0 Å². The largest absolute Gasteiger partial charge is 0.494 e. The van der Waals surface area contributed by atoms with E-state index >= 15 is 0 Å². The Morgan fingerprint density at radius 2 is 0.969 bits per heavy atom. The van der Waals surface area contributed by atoms with Gasteiger partial charge < -0.3 is 18.9 Å². The lowest BCUT2D eigenvalue weighted by atomic mass is 9.77. The Morgan fingerprint density at radius 3 is 1.57 bits per heavy atom. The van der Waals surface area contributed by atoms with Gasteiger partial charge in [-0.1, -0.05) is 146 Å². The maximum absolute atomic E-state index is 12.5. The molecule has 6 rings (SSSR count). The molecule has 0 aromatic heterocycles. The number of rotatable bonds is 23. The summed E-state index contributed by atoms with van der Waals surface area (Å²) >= 11 is 0. The first-order valence-electron chi connectivity index (χ1n) is 24.4. The molecule has 0 unspecified atom stereocenters. The van der Waals surface area contributed by atoms with Crippen molar-refractivity contribution in [2.24, 2.45) is 11.8 Å². The molecule has 0 spiro atoms. The van der Waals surface area contributed by atoms with Crippen LogP contribution in [0.2, 0.25) is 0 Å². The Labute approximate surface area is 385 Å². The van der Waals surface area contributed by atoms with E-state index in [9.17, 15) is 26.3 Å². The fourth-order valence-corrected chi connectivity index (χ4v) is 9.25. The lowest BCUT2D eigenvalue weighted by molar-refractivity contribution is -0.0512. The molecule has 4 aromatic carbocycles. The third-order valence-electron chi connectivity index (χ3n) is 12.8. The van der Waals surface area contributed by atoms with Crippen LogP contribution in [0, 0.1) is 11.8 Å². The molecule has 2 aliphatic rings. The molecule has 0 heterocycles. The van der Waals surface area contributed by atoms with Gasteiger partial charge in [0.2, 0.25) is 0 Å². The summed E-state index contributed by atoms with van der Waals surface area (Å²) in [6.45, 7) is -0.849. The van der Waals surface area contributed by atoms with Crippen LogP contribution in [0.15, 0.2) is 97.1 Å². The average molecular weight is 913 g/mol. The fraction of sp³-hybridized carbons (Fsp3) is 0.564. The molecule has 2 saturated carbocycles. The topological polar surface area (TPSA) is 36.9 Å². The second-order valence-corrected chi connectivity index (χ2v) is 17.6. The summed E-state index contributed by atoms with van der Waals surface area (Å²) in [4.78, 5) is 0. The highest BCUT2D eigenvalue weighted by molar-refractivity contribution is 5.64. The monoisotopic (exact) mass is 913 g/mol. The van der Waals surface area contributed by atoms with Crippen LogP contribution >= 0.6 is 0 Å². The van der Waals surface area contributed by atoms with Gasteiger partial charge in [-0.15, -0.1) is 0 Å². The van der Waals surface area contributed by atoms with Gasteiger partial charge in [0.05, 0.1) is 6.61 Å². The number of ether oxygens (including phenoxy) is 4. The van der Waals surface area contributed by atoms with Crippen LogP contribution in [0.25, 0.3) is 11.1 Å². The summed E-state index contributed by atoms with van der Waals surface area (Å²) in [6, 6.07) is 28.9. The number of alkyl halides is 6. The Kier molecular flexibility index (Phi) is 25.2. The first-order chi connectivity index (χ1) is 31.6. The van der Waals surface area contributed by atoms with Crippen LogP contribution in [0.5, 0.6) is 23.0 Å². The van der Waals surface area contributed by atoms with E-state index in [1.807, 2.05) is 48.5 Å². The third-order valence-corrected chi connectivity index (χ3v) is 12.8. The average Bonchev–Trinajstić information content (AvgIpc) is 3.30. The fourth-order valence-electron chi connectivity index (χ4n) is 9.25. The molecular weight excluding hydrogens is 839 g/mol. The van der Waals surface area contributed by atoms with Crippen LogP contribution in [-0.2, 0) is 0 Å². The van der Waals surface area contributed by atoms with E-state index in [0.717, 1.165) is 65.7 Å². The molecule has 0 saturated heterocycles. The van der Waals surface area contributed by atoms with Crippen molar-refractivity contribution < 1.29 is 45.3 Å². The Hall–Kier alpha value is -4.34. The zero-order chi connectivity index (χ0) is 46.7. The van der Waals surface area contributed by atoms with Gasteiger partial charge in [-0.05, 0) is 146 Å². The zero-order valence-corrected chi connectivity index (χ0v) is 39.0. The molecule has 360 valence electrons. The van der Waals surface area contributed by atoms with E-state index in [4.69, 9.17) is 4.74 Å². The number of benzene rings is 4. The number of halogens is 6. The van der Waals surface area contributed by atoms with E-state index in [1.54, 1.807) is 48.5 Å². The number of hydrogen-bond donors (Lipinski definition) is 0. The minimum Gasteiger partial charge on any atom is -0.494 e. The van der Waals surface area contributed by atoms with Gasteiger partial charge in [0.25, 0.3) is 0 Å². The number of para-hydroxylation sites is 1. The molecular formula is C55H74F6O4. The highest BCUT2D eigenvalue weighted by Gasteiger charge is 2.25. The van der Waals surface area contributed by atoms with Crippen molar-refractivity contribution in [3.8, 4) is 34.1 Å². The number of hydrogen-bond acceptors (Lipinski definition) is 4. The van der Waals surface area contributed by atoms with Crippen LogP contribution in [-0.4, -0.2) is 26.4 Å². The normalized spacial score (nSPS) is 18.3. The lowest BCUT2D eigenvalue weighted by Crippen LogP contribution is -2.15. The highest BCUT2D eigenvalue weighted by Crippen LogP contribution is 2.42. The molecule has 2 fully saturated rings. The predicted molar refractivity (Wildman–Crippen MR) is 252 cm³/mol. The SMILES string of the molecule is CCCC1CCC(c2cccc(OC(F)F)c2)CC1.CCCCCC1CCC(c2ccccc2OC(F)F)CC1.CCCCCCCCOc1ccc(-c2ccc(OC(F)F)cc2)cc1. The quantitative estimate of drug-likeness (QED) is 0.0549. The lowest BCUT2D eigenvalue weighted by Gasteiger charge is -2.29. The standard InChI is InChI=1S/C21H26F2O2.C18H26F2O.C16H22F2O/c1-2-3-4-5-6-7-16-24-19-12-8-17(9-13-19)18-10-14-20(15-11-18)25-21(22)23;1-2-3-4-7-14-10-12-15(13-11-14)16-8-5-6-9-17(16)21-18(19)20;1-2-4-12-7-9-13(10-8-12)14-5-3-6-15(11-14)19-16(17)18/h8-15,21H,2-7,16H2,1H3;5-6,8-9,14-15,18H,2-4,7,10-13H2,1H3;3,5-6,11-13,16H,2,4,7-10H2,1H3. The van der Waals surface area contributed by atoms with E-state index in [1.165, 1.54) is 109 Å². The van der Waals surface area contributed by atoms with Crippen molar-refractivity contribution in [2.75, 3.05) is 6.61 Å². The molecule has 2 aliphatic carbocycles. The molecule has 0 aliphatic heterocycles. The number of unbranched alkanes of at least 4 members (excludes halogenated alkanes) is 7. The van der Waals surface area contributed by atoms with Gasteiger partial charge in [0.15, 0.2) is 0 Å². The maximum atomic E-state index is 12.5. The molecule has 0 amide bonds. The van der Waals surface area contributed by atoms with E-state index in [-0.39, 0.29) is 11.5 Å². The first kappa shape index (κ1) is 53.3. The van der Waals surface area contributed by atoms with Crippen molar-refractivity contribution in [2.45, 2.75) is 181 Å². The maximum Gasteiger partial charge on any atom is 0.387 e. The Bertz CT molecular complexity index is 1810. The summed E-state index contributed by atoms with van der Waals surface area (Å²) in [7, 11) is 0. The predicted octanol–water partition coefficient (Wildman–Crippen LogP) is 18.2. The molecule has 0 atom stereocenters. The van der Waals surface area contributed by atoms with Gasteiger partial charge in [-0.3, -0.25) is 0 Å². The Morgan fingerprint density at radius 1 is 0.446 bits per heavy atom. The van der Waals surface area contributed by atoms with Crippen LogP contribution in [0.4, 0.5) is 26.3 Å². The van der Waals surface area contributed by atoms with Gasteiger partial charge in [-0.2, -0.15) is 26.3 Å². The molecule has 65 heavy (non-hydrogen) atoms. The second kappa shape index (κ2) is 30.8. The van der Waals surface area contributed by atoms with Crippen LogP contribution < -0.4 is 18.9 Å². The van der Waals surface area contributed by atoms with Crippen molar-refractivity contribution >= 4 is 0 Å². The summed E-state index contributed by atoms with van der Waals surface area (Å²) in [5.41, 5.74) is 4.07. The van der Waals surface area contributed by atoms with Crippen LogP contribution in [0.3, 0.4) is 0 Å². The third kappa shape index (κ3) is 20.8. The molecule has 0 bridgehead atoms. The molecule has 4 aromatic rings. The smallest absolute Gasteiger partial charge is 0.387 e. The minimum absolute atomic E-state index is 0.164. The van der Waals surface area contributed by atoms with E-state index in [0.29, 0.717) is 17.6 Å². The summed E-state index contributed by atoms with van der Waals surface area (Å²) < 4.78 is 93.0. The Balaban J connectivity index is 0.000000216. The zero-order valence-electron chi connectivity index (χ0n) is 39.0. The summed E-state index contributed by atoms with van der Waals surface area (Å²) in [6.07, 6.45) is 24.8. The van der Waals surface area contributed by atoms with Crippen LogP contribution in [0.1, 0.15) is 172 Å². The van der Waals surface area contributed by atoms with Crippen molar-refractivity contribution in [3.05, 3.63) is 108 Å². The molecule has 4 nitrogen and oxygen atoms in total. The van der Waals surface area contributed by atoms with E-state index in [2.05, 4.69) is 35.0 Å². The minimum atomic E-state index is -2.80.